The first-order valence-electron chi connectivity index (χ1n) is 5.60. The second-order valence-electron chi connectivity index (χ2n) is 3.81. The lowest BCUT2D eigenvalue weighted by atomic mass is 10.2. The first-order chi connectivity index (χ1) is 9.70. The van der Waals surface area contributed by atoms with Crippen LogP contribution in [0.2, 0.25) is 5.02 Å². The van der Waals surface area contributed by atoms with Crippen LogP contribution in [-0.2, 0) is 5.75 Å². The molecule has 3 aromatic rings. The summed E-state index contributed by atoms with van der Waals surface area (Å²) in [6, 6.07) is 7.22. The maximum atomic E-state index is 5.83. The summed E-state index contributed by atoms with van der Waals surface area (Å²) in [5, 5.41) is 11.6. The molecule has 0 saturated carbocycles. The lowest BCUT2D eigenvalue weighted by molar-refractivity contribution is 0.391. The van der Waals surface area contributed by atoms with Gasteiger partial charge in [0.1, 0.15) is 0 Å². The Balaban J connectivity index is 1.69. The summed E-state index contributed by atoms with van der Waals surface area (Å²) in [5.74, 6) is 1.76. The molecule has 0 bridgehead atoms. The van der Waals surface area contributed by atoms with Gasteiger partial charge in [-0.1, -0.05) is 28.5 Å². The van der Waals surface area contributed by atoms with Crippen LogP contribution in [0.25, 0.3) is 11.4 Å². The molecule has 20 heavy (non-hydrogen) atoms. The molecule has 1 aromatic carbocycles. The van der Waals surface area contributed by atoms with Crippen LogP contribution in [-0.4, -0.2) is 25.3 Å². The van der Waals surface area contributed by atoms with Crippen LogP contribution in [0.5, 0.6) is 0 Å². The van der Waals surface area contributed by atoms with Crippen molar-refractivity contribution in [2.24, 2.45) is 0 Å². The molecule has 0 aliphatic carbocycles. The Kier molecular flexibility index (Phi) is 3.57. The smallest absolute Gasteiger partial charge is 0.237 e. The largest absolute Gasteiger partial charge is 0.368 e. The van der Waals surface area contributed by atoms with E-state index < -0.39 is 0 Å². The molecule has 0 atom stereocenters. The Labute approximate surface area is 122 Å². The number of nitrogen functional groups attached to an aromatic ring is 1. The molecule has 0 aliphatic rings. The van der Waals surface area contributed by atoms with Gasteiger partial charge in [0, 0.05) is 10.6 Å². The molecule has 3 N–H and O–H groups in total. The van der Waals surface area contributed by atoms with E-state index in [2.05, 4.69) is 25.3 Å². The van der Waals surface area contributed by atoms with Crippen LogP contribution < -0.4 is 5.73 Å². The predicted octanol–water partition coefficient (Wildman–Crippen LogP) is 2.38. The molecule has 0 spiro atoms. The van der Waals surface area contributed by atoms with Crippen LogP contribution in [0.3, 0.4) is 0 Å². The number of nitrogens with zero attached hydrogens (tertiary/aromatic N) is 4. The minimum Gasteiger partial charge on any atom is -0.368 e. The van der Waals surface area contributed by atoms with E-state index in [1.165, 1.54) is 11.8 Å². The summed E-state index contributed by atoms with van der Waals surface area (Å²) in [4.78, 5) is 8.26. The fourth-order valence-electron chi connectivity index (χ4n) is 1.48. The van der Waals surface area contributed by atoms with Crippen molar-refractivity contribution in [1.29, 1.82) is 0 Å². The molecule has 102 valence electrons. The van der Waals surface area contributed by atoms with E-state index in [-0.39, 0.29) is 5.95 Å². The number of hydrogen-bond donors (Lipinski definition) is 2. The Morgan fingerprint density at radius 2 is 2.05 bits per heavy atom. The summed E-state index contributed by atoms with van der Waals surface area (Å²) >= 11 is 7.18. The quantitative estimate of drug-likeness (QED) is 0.712. The number of nitrogens with two attached hydrogens (primary N) is 1. The lowest BCUT2D eigenvalue weighted by Gasteiger charge is -1.93. The third-order valence-corrected chi connectivity index (χ3v) is 3.46. The van der Waals surface area contributed by atoms with Crippen LogP contribution in [0, 0.1) is 0 Å². The molecule has 3 rings (SSSR count). The zero-order valence-electron chi connectivity index (χ0n) is 10.1. The Bertz CT molecular complexity index is 710. The zero-order valence-corrected chi connectivity index (χ0v) is 11.6. The van der Waals surface area contributed by atoms with Gasteiger partial charge in [-0.3, -0.25) is 0 Å². The number of halogens is 1. The maximum absolute atomic E-state index is 5.83. The fourth-order valence-corrected chi connectivity index (χ4v) is 2.25. The molecule has 2 heterocycles. The number of anilines is 1. The average molecular weight is 309 g/mol. The molecule has 0 aliphatic heterocycles. The van der Waals surface area contributed by atoms with Crippen LogP contribution >= 0.6 is 23.4 Å². The van der Waals surface area contributed by atoms with Gasteiger partial charge >= 0.3 is 0 Å². The van der Waals surface area contributed by atoms with Gasteiger partial charge in [-0.15, -0.1) is 5.10 Å². The van der Waals surface area contributed by atoms with Gasteiger partial charge in [-0.25, -0.2) is 5.10 Å². The second kappa shape index (κ2) is 5.51. The maximum Gasteiger partial charge on any atom is 0.237 e. The van der Waals surface area contributed by atoms with Gasteiger partial charge < -0.3 is 10.3 Å². The molecular formula is C11H9ClN6OS. The van der Waals surface area contributed by atoms with Crippen LogP contribution in [0.4, 0.5) is 5.95 Å². The van der Waals surface area contributed by atoms with Crippen molar-refractivity contribution in [1.82, 2.24) is 25.3 Å². The molecular weight excluding hydrogens is 300 g/mol. The average Bonchev–Trinajstić information content (AvgIpc) is 3.06. The highest BCUT2D eigenvalue weighted by Gasteiger charge is 2.10. The van der Waals surface area contributed by atoms with E-state index in [1.54, 1.807) is 12.1 Å². The van der Waals surface area contributed by atoms with Crippen molar-refractivity contribution < 1.29 is 4.52 Å². The van der Waals surface area contributed by atoms with E-state index in [0.29, 0.717) is 27.6 Å². The molecule has 0 unspecified atom stereocenters. The van der Waals surface area contributed by atoms with Crippen molar-refractivity contribution in [2.75, 3.05) is 5.73 Å². The lowest BCUT2D eigenvalue weighted by Crippen LogP contribution is -1.85. The summed E-state index contributed by atoms with van der Waals surface area (Å²) in [5.41, 5.74) is 6.28. The molecule has 0 fully saturated rings. The van der Waals surface area contributed by atoms with Crippen molar-refractivity contribution in [3.05, 3.63) is 35.2 Å². The molecule has 9 heteroatoms. The first kappa shape index (κ1) is 12.9. The number of aromatic nitrogens is 5. The Morgan fingerprint density at radius 3 is 2.75 bits per heavy atom. The number of thioether (sulfide) groups is 1. The normalized spacial score (nSPS) is 10.8. The summed E-state index contributed by atoms with van der Waals surface area (Å²) in [7, 11) is 0. The summed E-state index contributed by atoms with van der Waals surface area (Å²) in [6.45, 7) is 0. The molecule has 2 aromatic heterocycles. The summed E-state index contributed by atoms with van der Waals surface area (Å²) < 4.78 is 5.17. The highest BCUT2D eigenvalue weighted by Crippen LogP contribution is 2.22. The van der Waals surface area contributed by atoms with E-state index in [0.717, 1.165) is 5.56 Å². The number of rotatable bonds is 4. The number of benzene rings is 1. The van der Waals surface area contributed by atoms with Gasteiger partial charge in [-0.05, 0) is 24.3 Å². The standard InChI is InChI=1S/C11H9ClN6OS/c12-7-3-1-6(2-4-7)9-14-8(19-18-9)5-20-11-15-10(13)16-17-11/h1-4H,5H2,(H3,13,15,16,17). The van der Waals surface area contributed by atoms with Crippen molar-refractivity contribution in [3.8, 4) is 11.4 Å². The fraction of sp³-hybridized carbons (Fsp3) is 0.0909. The van der Waals surface area contributed by atoms with Gasteiger partial charge in [-0.2, -0.15) is 9.97 Å². The van der Waals surface area contributed by atoms with E-state index >= 15 is 0 Å². The van der Waals surface area contributed by atoms with Gasteiger partial charge in [0.05, 0.1) is 5.75 Å². The Hall–Kier alpha value is -2.06. The minimum atomic E-state index is 0.278. The topological polar surface area (TPSA) is 107 Å². The molecule has 0 amide bonds. The Morgan fingerprint density at radius 1 is 1.25 bits per heavy atom. The third kappa shape index (κ3) is 2.91. The van der Waals surface area contributed by atoms with Crippen LogP contribution in [0.15, 0.2) is 33.9 Å². The second-order valence-corrected chi connectivity index (χ2v) is 5.19. The monoisotopic (exact) mass is 308 g/mol. The van der Waals surface area contributed by atoms with Gasteiger partial charge in [0.2, 0.25) is 22.8 Å². The first-order valence-corrected chi connectivity index (χ1v) is 6.96. The van der Waals surface area contributed by atoms with Gasteiger partial charge in [0.25, 0.3) is 0 Å². The number of aromatic amines is 1. The predicted molar refractivity (Wildman–Crippen MR) is 75.1 cm³/mol. The third-order valence-electron chi connectivity index (χ3n) is 2.38. The molecule has 7 nitrogen and oxygen atoms in total. The minimum absolute atomic E-state index is 0.278. The number of H-pyrrole nitrogens is 1. The van der Waals surface area contributed by atoms with E-state index in [4.69, 9.17) is 21.9 Å². The molecule has 0 saturated heterocycles. The number of nitrogens with one attached hydrogen (secondary N) is 1. The van der Waals surface area contributed by atoms with Gasteiger partial charge in [0.15, 0.2) is 0 Å². The van der Waals surface area contributed by atoms with Crippen molar-refractivity contribution >= 4 is 29.3 Å². The van der Waals surface area contributed by atoms with E-state index in [1.807, 2.05) is 12.1 Å². The molecule has 0 radical (unpaired) electrons. The van der Waals surface area contributed by atoms with E-state index in [9.17, 15) is 0 Å². The van der Waals surface area contributed by atoms with Crippen molar-refractivity contribution in [3.63, 3.8) is 0 Å². The highest BCUT2D eigenvalue weighted by molar-refractivity contribution is 7.98. The SMILES string of the molecule is Nc1nc(SCc2nc(-c3ccc(Cl)cc3)no2)n[nH]1. The summed E-state index contributed by atoms with van der Waals surface area (Å²) in [6.07, 6.45) is 0. The highest BCUT2D eigenvalue weighted by atomic mass is 35.5. The van der Waals surface area contributed by atoms with Crippen LogP contribution in [0.1, 0.15) is 5.89 Å². The zero-order chi connectivity index (χ0) is 13.9. The number of hydrogen-bond acceptors (Lipinski definition) is 7. The van der Waals surface area contributed by atoms with Crippen molar-refractivity contribution in [2.45, 2.75) is 10.9 Å².